The molecule has 0 heterocycles. The van der Waals surface area contributed by atoms with Crippen LogP contribution in [-0.2, 0) is 0 Å². The lowest BCUT2D eigenvalue weighted by atomic mass is 9.85. The van der Waals surface area contributed by atoms with Gasteiger partial charge in [0.1, 0.15) is 0 Å². The van der Waals surface area contributed by atoms with E-state index in [0.29, 0.717) is 10.6 Å². The fourth-order valence-corrected chi connectivity index (χ4v) is 2.92. The Morgan fingerprint density at radius 3 is 1.85 bits per heavy atom. The molecule has 2 aromatic carbocycles. The number of rotatable bonds is 2. The Labute approximate surface area is 125 Å². The summed E-state index contributed by atoms with van der Waals surface area (Å²) in [7, 11) is 0. The number of aldehydes is 1. The lowest BCUT2D eigenvalue weighted by Gasteiger charge is -2.20. The van der Waals surface area contributed by atoms with E-state index < -0.39 is 0 Å². The standard InChI is InChI=1S/C18H19ClO/c1-10-11(2)13(4)18(14(5)12(10)3)17-8-16(19)7-6-15(17)9-20/h6-9H,1-5H3. The van der Waals surface area contributed by atoms with Crippen molar-refractivity contribution in [3.05, 3.63) is 56.6 Å². The number of benzene rings is 2. The lowest BCUT2D eigenvalue weighted by Crippen LogP contribution is -2.01. The first kappa shape index (κ1) is 14.8. The molecule has 0 saturated heterocycles. The van der Waals surface area contributed by atoms with Crippen LogP contribution in [-0.4, -0.2) is 6.29 Å². The lowest BCUT2D eigenvalue weighted by molar-refractivity contribution is 0.112. The first-order chi connectivity index (χ1) is 9.38. The number of hydrogen-bond donors (Lipinski definition) is 0. The number of carbonyl (C=O) groups excluding carboxylic acids is 1. The third kappa shape index (κ3) is 2.27. The van der Waals surface area contributed by atoms with E-state index in [0.717, 1.165) is 17.4 Å². The van der Waals surface area contributed by atoms with E-state index in [-0.39, 0.29) is 0 Å². The summed E-state index contributed by atoms with van der Waals surface area (Å²) in [6.07, 6.45) is 0.898. The van der Waals surface area contributed by atoms with Crippen molar-refractivity contribution in [3.8, 4) is 11.1 Å². The smallest absolute Gasteiger partial charge is 0.150 e. The molecule has 104 valence electrons. The first-order valence-electron chi connectivity index (χ1n) is 6.70. The van der Waals surface area contributed by atoms with E-state index in [1.807, 2.05) is 6.07 Å². The first-order valence-corrected chi connectivity index (χ1v) is 7.08. The Bertz CT molecular complexity index is 670. The number of halogens is 1. The minimum Gasteiger partial charge on any atom is -0.298 e. The summed E-state index contributed by atoms with van der Waals surface area (Å²) >= 11 is 6.12. The van der Waals surface area contributed by atoms with Crippen molar-refractivity contribution in [1.82, 2.24) is 0 Å². The largest absolute Gasteiger partial charge is 0.298 e. The third-order valence-electron chi connectivity index (χ3n) is 4.41. The van der Waals surface area contributed by atoms with E-state index in [4.69, 9.17) is 11.6 Å². The molecule has 0 aliphatic heterocycles. The number of carbonyl (C=O) groups is 1. The predicted octanol–water partition coefficient (Wildman–Crippen LogP) is 5.36. The molecule has 0 aromatic heterocycles. The molecule has 0 spiro atoms. The summed E-state index contributed by atoms with van der Waals surface area (Å²) in [5.74, 6) is 0. The van der Waals surface area contributed by atoms with Crippen molar-refractivity contribution in [2.45, 2.75) is 34.6 Å². The van der Waals surface area contributed by atoms with E-state index >= 15 is 0 Å². The molecule has 0 bridgehead atoms. The maximum absolute atomic E-state index is 11.3. The molecule has 0 saturated carbocycles. The average molecular weight is 287 g/mol. The summed E-state index contributed by atoms with van der Waals surface area (Å²) in [6, 6.07) is 5.43. The van der Waals surface area contributed by atoms with Gasteiger partial charge in [0.05, 0.1) is 0 Å². The van der Waals surface area contributed by atoms with Gasteiger partial charge >= 0.3 is 0 Å². The van der Waals surface area contributed by atoms with E-state index in [9.17, 15) is 4.79 Å². The summed E-state index contributed by atoms with van der Waals surface area (Å²) in [4.78, 5) is 11.3. The maximum atomic E-state index is 11.3. The molecular formula is C18H19ClO. The van der Waals surface area contributed by atoms with Gasteiger partial charge in [-0.05, 0) is 91.8 Å². The highest BCUT2D eigenvalue weighted by molar-refractivity contribution is 6.31. The Morgan fingerprint density at radius 1 is 0.850 bits per heavy atom. The monoisotopic (exact) mass is 286 g/mol. The highest BCUT2D eigenvalue weighted by atomic mass is 35.5. The SMILES string of the molecule is Cc1c(C)c(C)c(-c2cc(Cl)ccc2C=O)c(C)c1C. The highest BCUT2D eigenvalue weighted by Gasteiger charge is 2.16. The molecule has 2 rings (SSSR count). The van der Waals surface area contributed by atoms with Crippen LogP contribution < -0.4 is 0 Å². The zero-order valence-electron chi connectivity index (χ0n) is 12.6. The van der Waals surface area contributed by atoms with Crippen molar-refractivity contribution in [2.75, 3.05) is 0 Å². The van der Waals surface area contributed by atoms with Crippen molar-refractivity contribution in [2.24, 2.45) is 0 Å². The Morgan fingerprint density at radius 2 is 1.35 bits per heavy atom. The third-order valence-corrected chi connectivity index (χ3v) is 4.65. The van der Waals surface area contributed by atoms with Crippen LogP contribution in [0.15, 0.2) is 18.2 Å². The second-order valence-corrected chi connectivity index (χ2v) is 5.79. The van der Waals surface area contributed by atoms with Crippen LogP contribution in [0.2, 0.25) is 5.02 Å². The molecule has 0 aliphatic rings. The summed E-state index contributed by atoms with van der Waals surface area (Å²) in [5.41, 5.74) is 9.05. The topological polar surface area (TPSA) is 17.1 Å². The van der Waals surface area contributed by atoms with E-state index in [1.54, 1.807) is 12.1 Å². The predicted molar refractivity (Wildman–Crippen MR) is 86.0 cm³/mol. The Hall–Kier alpha value is -1.60. The fourth-order valence-electron chi connectivity index (χ4n) is 2.75. The van der Waals surface area contributed by atoms with Crippen molar-refractivity contribution in [1.29, 1.82) is 0 Å². The minimum absolute atomic E-state index is 0.653. The van der Waals surface area contributed by atoms with Crippen LogP contribution in [0.25, 0.3) is 11.1 Å². The zero-order valence-corrected chi connectivity index (χ0v) is 13.4. The van der Waals surface area contributed by atoms with Crippen LogP contribution in [0.5, 0.6) is 0 Å². The molecule has 20 heavy (non-hydrogen) atoms. The van der Waals surface area contributed by atoms with Gasteiger partial charge in [0.25, 0.3) is 0 Å². The molecule has 2 aromatic rings. The second-order valence-electron chi connectivity index (χ2n) is 5.35. The molecule has 1 nitrogen and oxygen atoms in total. The van der Waals surface area contributed by atoms with Crippen molar-refractivity contribution in [3.63, 3.8) is 0 Å². The van der Waals surface area contributed by atoms with Gasteiger partial charge in [0.2, 0.25) is 0 Å². The zero-order chi connectivity index (χ0) is 15.0. The quantitative estimate of drug-likeness (QED) is 0.679. The van der Waals surface area contributed by atoms with Crippen LogP contribution in [0, 0.1) is 34.6 Å². The molecule has 0 unspecified atom stereocenters. The van der Waals surface area contributed by atoms with Crippen LogP contribution in [0.1, 0.15) is 38.2 Å². The summed E-state index contributed by atoms with van der Waals surface area (Å²) in [5, 5.41) is 0.653. The van der Waals surface area contributed by atoms with Crippen LogP contribution >= 0.6 is 11.6 Å². The molecule has 0 amide bonds. The molecule has 0 aliphatic carbocycles. The Kier molecular flexibility index (Phi) is 4.01. The second kappa shape index (κ2) is 5.41. The van der Waals surface area contributed by atoms with Gasteiger partial charge in [-0.1, -0.05) is 11.6 Å². The molecule has 0 atom stereocenters. The van der Waals surface area contributed by atoms with Gasteiger partial charge in [-0.25, -0.2) is 0 Å². The van der Waals surface area contributed by atoms with Gasteiger partial charge in [0.15, 0.2) is 6.29 Å². The normalized spacial score (nSPS) is 10.7. The molecule has 0 N–H and O–H groups in total. The van der Waals surface area contributed by atoms with Crippen molar-refractivity contribution < 1.29 is 4.79 Å². The van der Waals surface area contributed by atoms with E-state index in [2.05, 4.69) is 34.6 Å². The number of hydrogen-bond acceptors (Lipinski definition) is 1. The van der Waals surface area contributed by atoms with Crippen molar-refractivity contribution >= 4 is 17.9 Å². The highest BCUT2D eigenvalue weighted by Crippen LogP contribution is 2.36. The maximum Gasteiger partial charge on any atom is 0.150 e. The van der Waals surface area contributed by atoms with Gasteiger partial charge in [-0.15, -0.1) is 0 Å². The summed E-state index contributed by atoms with van der Waals surface area (Å²) < 4.78 is 0. The Balaban J connectivity index is 2.90. The minimum atomic E-state index is 0.653. The van der Waals surface area contributed by atoms with Crippen LogP contribution in [0.3, 0.4) is 0 Å². The van der Waals surface area contributed by atoms with Crippen LogP contribution in [0.4, 0.5) is 0 Å². The molecule has 0 radical (unpaired) electrons. The average Bonchev–Trinajstić information content (AvgIpc) is 2.43. The molecular weight excluding hydrogens is 268 g/mol. The van der Waals surface area contributed by atoms with Gasteiger partial charge in [-0.2, -0.15) is 0 Å². The fraction of sp³-hybridized carbons (Fsp3) is 0.278. The molecule has 2 heteroatoms. The van der Waals surface area contributed by atoms with Gasteiger partial charge in [-0.3, -0.25) is 4.79 Å². The van der Waals surface area contributed by atoms with Gasteiger partial charge in [0, 0.05) is 10.6 Å². The van der Waals surface area contributed by atoms with Gasteiger partial charge < -0.3 is 0 Å². The summed E-state index contributed by atoms with van der Waals surface area (Å²) in [6.45, 7) is 10.6. The molecule has 0 fully saturated rings. The van der Waals surface area contributed by atoms with E-state index in [1.165, 1.54) is 27.8 Å².